The molecule has 0 spiro atoms. The highest BCUT2D eigenvalue weighted by Crippen LogP contribution is 2.52. The molecular formula is C19H19F3N4O. The molecule has 1 aromatic carbocycles. The molecule has 27 heavy (non-hydrogen) atoms. The standard InChI is InChI=1S/C19H19F3N4O/c1-12-10-16(25(2)24-12)17(27)26-9-5-8-18(26,19(20,21)22)14-11-23-15-7-4-3-6-13(14)15/h3-4,6-7,10-11,23H,5,8-9H2,1-2H3. The van der Waals surface area contributed by atoms with Gasteiger partial charge in [0, 0.05) is 36.3 Å². The van der Waals surface area contributed by atoms with Crippen LogP contribution in [0.25, 0.3) is 10.9 Å². The second kappa shape index (κ2) is 5.87. The average Bonchev–Trinajstić information content (AvgIpc) is 3.29. The number of carbonyl (C=O) groups excluding carboxylic acids is 1. The Balaban J connectivity index is 1.91. The summed E-state index contributed by atoms with van der Waals surface area (Å²) in [6.07, 6.45) is -3.11. The average molecular weight is 376 g/mol. The Morgan fingerprint density at radius 2 is 2.04 bits per heavy atom. The maximum Gasteiger partial charge on any atom is 0.416 e. The van der Waals surface area contributed by atoms with Gasteiger partial charge in [-0.3, -0.25) is 9.48 Å². The first kappa shape index (κ1) is 17.6. The molecule has 1 aliphatic heterocycles. The van der Waals surface area contributed by atoms with Gasteiger partial charge in [-0.25, -0.2) is 0 Å². The summed E-state index contributed by atoms with van der Waals surface area (Å²) >= 11 is 0. The summed E-state index contributed by atoms with van der Waals surface area (Å²) < 4.78 is 44.9. The van der Waals surface area contributed by atoms with E-state index in [-0.39, 0.29) is 30.6 Å². The number of benzene rings is 1. The molecule has 3 aromatic rings. The molecule has 1 unspecified atom stereocenters. The van der Waals surface area contributed by atoms with Crippen LogP contribution in [0.3, 0.4) is 0 Å². The predicted octanol–water partition coefficient (Wildman–Crippen LogP) is 3.90. The van der Waals surface area contributed by atoms with Crippen molar-refractivity contribution in [2.75, 3.05) is 6.54 Å². The molecule has 0 saturated carbocycles. The third-order valence-corrected chi connectivity index (χ3v) is 5.35. The normalized spacial score (nSPS) is 20.6. The molecule has 0 bridgehead atoms. The van der Waals surface area contributed by atoms with Gasteiger partial charge in [-0.15, -0.1) is 0 Å². The molecular weight excluding hydrogens is 357 g/mol. The number of alkyl halides is 3. The van der Waals surface area contributed by atoms with Crippen molar-refractivity contribution >= 4 is 16.8 Å². The van der Waals surface area contributed by atoms with Crippen molar-refractivity contribution in [3.8, 4) is 0 Å². The quantitative estimate of drug-likeness (QED) is 0.737. The van der Waals surface area contributed by atoms with Crippen LogP contribution in [0.5, 0.6) is 0 Å². The minimum absolute atomic E-state index is 0.0437. The SMILES string of the molecule is Cc1cc(C(=O)N2CCCC2(c2c[nH]c3ccccc23)C(F)(F)F)n(C)n1. The number of nitrogens with one attached hydrogen (secondary N) is 1. The fraction of sp³-hybridized carbons (Fsp3) is 0.368. The fourth-order valence-corrected chi connectivity index (χ4v) is 4.18. The van der Waals surface area contributed by atoms with Crippen LogP contribution in [0.15, 0.2) is 36.5 Å². The van der Waals surface area contributed by atoms with E-state index in [0.29, 0.717) is 16.6 Å². The molecule has 2 aromatic heterocycles. The second-order valence-corrected chi connectivity index (χ2v) is 6.96. The van der Waals surface area contributed by atoms with Gasteiger partial charge in [0.25, 0.3) is 5.91 Å². The van der Waals surface area contributed by atoms with Gasteiger partial charge < -0.3 is 9.88 Å². The summed E-state index contributed by atoms with van der Waals surface area (Å²) in [6.45, 7) is 1.75. The smallest absolute Gasteiger partial charge is 0.361 e. The molecule has 1 N–H and O–H groups in total. The van der Waals surface area contributed by atoms with Crippen LogP contribution in [0.2, 0.25) is 0 Å². The van der Waals surface area contributed by atoms with Gasteiger partial charge in [0.05, 0.1) is 5.69 Å². The lowest BCUT2D eigenvalue weighted by Crippen LogP contribution is -2.54. The number of likely N-dealkylation sites (tertiary alicyclic amines) is 1. The van der Waals surface area contributed by atoms with Crippen molar-refractivity contribution < 1.29 is 18.0 Å². The number of carbonyl (C=O) groups is 1. The number of aromatic amines is 1. The van der Waals surface area contributed by atoms with Crippen molar-refractivity contribution in [1.82, 2.24) is 19.7 Å². The van der Waals surface area contributed by atoms with Crippen LogP contribution in [0.1, 0.15) is 34.6 Å². The molecule has 8 heteroatoms. The maximum atomic E-state index is 14.5. The Kier molecular flexibility index (Phi) is 3.83. The predicted molar refractivity (Wildman–Crippen MR) is 94.2 cm³/mol. The minimum Gasteiger partial charge on any atom is -0.361 e. The summed E-state index contributed by atoms with van der Waals surface area (Å²) in [4.78, 5) is 17.0. The Hall–Kier alpha value is -2.77. The van der Waals surface area contributed by atoms with E-state index < -0.39 is 17.6 Å². The maximum absolute atomic E-state index is 14.5. The fourth-order valence-electron chi connectivity index (χ4n) is 4.18. The monoisotopic (exact) mass is 376 g/mol. The van der Waals surface area contributed by atoms with Crippen molar-refractivity contribution in [2.24, 2.45) is 7.05 Å². The van der Waals surface area contributed by atoms with Gasteiger partial charge >= 0.3 is 6.18 Å². The number of para-hydroxylation sites is 1. The van der Waals surface area contributed by atoms with E-state index in [1.165, 1.54) is 16.9 Å². The molecule has 0 aliphatic carbocycles. The molecule has 0 radical (unpaired) electrons. The number of rotatable bonds is 2. The zero-order chi connectivity index (χ0) is 19.4. The summed E-state index contributed by atoms with van der Waals surface area (Å²) in [5.74, 6) is -0.654. The topological polar surface area (TPSA) is 53.9 Å². The molecule has 1 saturated heterocycles. The Morgan fingerprint density at radius 3 is 2.70 bits per heavy atom. The van der Waals surface area contributed by atoms with Crippen molar-refractivity contribution in [2.45, 2.75) is 31.5 Å². The summed E-state index contributed by atoms with van der Waals surface area (Å²) in [5, 5.41) is 4.59. The van der Waals surface area contributed by atoms with Crippen LogP contribution in [-0.2, 0) is 12.6 Å². The van der Waals surface area contributed by atoms with E-state index >= 15 is 0 Å². The van der Waals surface area contributed by atoms with Gasteiger partial charge in [0.2, 0.25) is 0 Å². The number of fused-ring (bicyclic) bond motifs is 1. The Bertz CT molecular complexity index is 1020. The number of H-pyrrole nitrogens is 1. The number of nitrogens with zero attached hydrogens (tertiary/aromatic N) is 3. The molecule has 4 rings (SSSR count). The molecule has 1 aliphatic rings. The minimum atomic E-state index is -4.61. The largest absolute Gasteiger partial charge is 0.416 e. The second-order valence-electron chi connectivity index (χ2n) is 6.96. The van der Waals surface area contributed by atoms with Crippen LogP contribution in [-0.4, -0.2) is 38.3 Å². The highest BCUT2D eigenvalue weighted by molar-refractivity contribution is 5.94. The van der Waals surface area contributed by atoms with E-state index in [2.05, 4.69) is 10.1 Å². The van der Waals surface area contributed by atoms with E-state index in [4.69, 9.17) is 0 Å². The third-order valence-electron chi connectivity index (χ3n) is 5.35. The highest BCUT2D eigenvalue weighted by atomic mass is 19.4. The van der Waals surface area contributed by atoms with Gasteiger partial charge in [-0.1, -0.05) is 18.2 Å². The summed E-state index contributed by atoms with van der Waals surface area (Å²) in [6, 6.07) is 8.38. The van der Waals surface area contributed by atoms with E-state index in [0.717, 1.165) is 4.90 Å². The van der Waals surface area contributed by atoms with Gasteiger partial charge in [0.1, 0.15) is 5.69 Å². The molecule has 142 valence electrons. The highest BCUT2D eigenvalue weighted by Gasteiger charge is 2.64. The Morgan fingerprint density at radius 1 is 1.30 bits per heavy atom. The number of halogens is 3. The van der Waals surface area contributed by atoms with E-state index in [9.17, 15) is 18.0 Å². The number of aryl methyl sites for hydroxylation is 2. The van der Waals surface area contributed by atoms with Gasteiger partial charge in [0.15, 0.2) is 5.54 Å². The first-order chi connectivity index (χ1) is 12.8. The van der Waals surface area contributed by atoms with Crippen molar-refractivity contribution in [3.63, 3.8) is 0 Å². The first-order valence-corrected chi connectivity index (χ1v) is 8.71. The van der Waals surface area contributed by atoms with Crippen LogP contribution in [0.4, 0.5) is 13.2 Å². The van der Waals surface area contributed by atoms with Gasteiger partial charge in [-0.05, 0) is 31.9 Å². The Labute approximate surface area is 153 Å². The molecule has 1 fully saturated rings. The number of hydrogen-bond donors (Lipinski definition) is 1. The van der Waals surface area contributed by atoms with Crippen LogP contribution >= 0.6 is 0 Å². The lowest BCUT2D eigenvalue weighted by atomic mass is 9.85. The molecule has 1 atom stereocenters. The summed E-state index contributed by atoms with van der Waals surface area (Å²) in [7, 11) is 1.57. The lowest BCUT2D eigenvalue weighted by molar-refractivity contribution is -0.220. The molecule has 3 heterocycles. The van der Waals surface area contributed by atoms with Crippen LogP contribution < -0.4 is 0 Å². The molecule has 5 nitrogen and oxygen atoms in total. The third kappa shape index (κ3) is 2.46. The van der Waals surface area contributed by atoms with Crippen molar-refractivity contribution in [3.05, 3.63) is 53.5 Å². The number of amides is 1. The zero-order valence-corrected chi connectivity index (χ0v) is 15.0. The lowest BCUT2D eigenvalue weighted by Gasteiger charge is -2.40. The number of aromatic nitrogens is 3. The van der Waals surface area contributed by atoms with E-state index in [1.54, 1.807) is 38.2 Å². The van der Waals surface area contributed by atoms with Gasteiger partial charge in [-0.2, -0.15) is 18.3 Å². The van der Waals surface area contributed by atoms with Crippen LogP contribution in [0, 0.1) is 6.92 Å². The number of hydrogen-bond acceptors (Lipinski definition) is 2. The van der Waals surface area contributed by atoms with E-state index in [1.807, 2.05) is 0 Å². The zero-order valence-electron chi connectivity index (χ0n) is 15.0. The van der Waals surface area contributed by atoms with Crippen molar-refractivity contribution in [1.29, 1.82) is 0 Å². The first-order valence-electron chi connectivity index (χ1n) is 8.71. The summed E-state index contributed by atoms with van der Waals surface area (Å²) in [5.41, 5.74) is -0.906. The molecule has 1 amide bonds.